The Kier molecular flexibility index (Phi) is 5.22. The van der Waals surface area contributed by atoms with E-state index >= 15 is 0 Å². The van der Waals surface area contributed by atoms with E-state index in [1.165, 1.54) is 12.3 Å². The van der Waals surface area contributed by atoms with E-state index in [-0.39, 0.29) is 17.1 Å². The summed E-state index contributed by atoms with van der Waals surface area (Å²) >= 11 is 11.6. The zero-order chi connectivity index (χ0) is 13.0. The highest BCUT2D eigenvalue weighted by molar-refractivity contribution is 6.35. The van der Waals surface area contributed by atoms with Crippen LogP contribution in [0.2, 0.25) is 10.2 Å². The van der Waals surface area contributed by atoms with E-state index in [9.17, 15) is 4.79 Å². The maximum atomic E-state index is 12.0. The van der Waals surface area contributed by atoms with Crippen molar-refractivity contribution in [2.24, 2.45) is 5.92 Å². The third-order valence-corrected chi connectivity index (χ3v) is 3.43. The van der Waals surface area contributed by atoms with Gasteiger partial charge in [-0.15, -0.1) is 0 Å². The molecule has 1 aromatic rings. The molecule has 1 heterocycles. The molecule has 2 atom stereocenters. The number of amides is 1. The molecular weight excluding hydrogens is 259 g/mol. The van der Waals surface area contributed by atoms with Gasteiger partial charge in [-0.05, 0) is 18.9 Å². The standard InChI is InChI=1S/C12H16Cl2N2O/c1-4-7(2)8(3)16-12(17)9-5-11(14)15-6-10(9)13/h5-8H,4H2,1-3H3,(H,16,17). The summed E-state index contributed by atoms with van der Waals surface area (Å²) in [5.74, 6) is 0.196. The number of halogens is 2. The van der Waals surface area contributed by atoms with Crippen LogP contribution in [0.15, 0.2) is 12.3 Å². The molecule has 0 spiro atoms. The highest BCUT2D eigenvalue weighted by Crippen LogP contribution is 2.18. The van der Waals surface area contributed by atoms with Gasteiger partial charge in [0.05, 0.1) is 10.6 Å². The van der Waals surface area contributed by atoms with Crippen molar-refractivity contribution in [3.63, 3.8) is 0 Å². The molecule has 0 fully saturated rings. The molecular formula is C12H16Cl2N2O. The first-order valence-corrected chi connectivity index (χ1v) is 6.33. The number of nitrogens with zero attached hydrogens (tertiary/aromatic N) is 1. The number of aromatic nitrogens is 1. The number of carbonyl (C=O) groups excluding carboxylic acids is 1. The van der Waals surface area contributed by atoms with Crippen LogP contribution in [0.1, 0.15) is 37.6 Å². The minimum atomic E-state index is -0.216. The third kappa shape index (κ3) is 3.86. The van der Waals surface area contributed by atoms with Crippen LogP contribution in [0.3, 0.4) is 0 Å². The van der Waals surface area contributed by atoms with Gasteiger partial charge in [0.1, 0.15) is 5.15 Å². The average molecular weight is 275 g/mol. The van der Waals surface area contributed by atoms with Gasteiger partial charge >= 0.3 is 0 Å². The first kappa shape index (κ1) is 14.3. The number of pyridine rings is 1. The van der Waals surface area contributed by atoms with Gasteiger partial charge in [-0.1, -0.05) is 43.5 Å². The van der Waals surface area contributed by atoms with Crippen molar-refractivity contribution < 1.29 is 4.79 Å². The molecule has 0 aliphatic carbocycles. The van der Waals surface area contributed by atoms with E-state index in [0.29, 0.717) is 16.5 Å². The van der Waals surface area contributed by atoms with E-state index in [1.807, 2.05) is 6.92 Å². The third-order valence-electron chi connectivity index (χ3n) is 2.92. The van der Waals surface area contributed by atoms with E-state index in [4.69, 9.17) is 23.2 Å². The van der Waals surface area contributed by atoms with Crippen molar-refractivity contribution in [3.8, 4) is 0 Å². The molecule has 0 aliphatic rings. The van der Waals surface area contributed by atoms with Crippen molar-refractivity contribution >= 4 is 29.1 Å². The van der Waals surface area contributed by atoms with Crippen LogP contribution in [-0.2, 0) is 0 Å². The maximum absolute atomic E-state index is 12.0. The molecule has 3 nitrogen and oxygen atoms in total. The van der Waals surface area contributed by atoms with Crippen molar-refractivity contribution in [3.05, 3.63) is 28.0 Å². The largest absolute Gasteiger partial charge is 0.349 e. The van der Waals surface area contributed by atoms with Gasteiger partial charge in [0.25, 0.3) is 5.91 Å². The number of hydrogen-bond donors (Lipinski definition) is 1. The number of rotatable bonds is 4. The molecule has 5 heteroatoms. The molecule has 94 valence electrons. The van der Waals surface area contributed by atoms with E-state index < -0.39 is 0 Å². The lowest BCUT2D eigenvalue weighted by molar-refractivity contribution is 0.0928. The molecule has 17 heavy (non-hydrogen) atoms. The zero-order valence-corrected chi connectivity index (χ0v) is 11.6. The van der Waals surface area contributed by atoms with Crippen LogP contribution >= 0.6 is 23.2 Å². The first-order chi connectivity index (χ1) is 7.95. The van der Waals surface area contributed by atoms with Crippen molar-refractivity contribution in [1.29, 1.82) is 0 Å². The molecule has 0 saturated heterocycles. The second kappa shape index (κ2) is 6.22. The fraction of sp³-hybridized carbons (Fsp3) is 0.500. The summed E-state index contributed by atoms with van der Waals surface area (Å²) in [5, 5.41) is 3.47. The zero-order valence-electron chi connectivity index (χ0n) is 10.1. The SMILES string of the molecule is CCC(C)C(C)NC(=O)c1cc(Cl)ncc1Cl. The lowest BCUT2D eigenvalue weighted by Gasteiger charge is -2.20. The molecule has 0 radical (unpaired) electrons. The molecule has 1 N–H and O–H groups in total. The van der Waals surface area contributed by atoms with Crippen LogP contribution in [0.5, 0.6) is 0 Å². The molecule has 0 aromatic carbocycles. The summed E-state index contributed by atoms with van der Waals surface area (Å²) in [6, 6.07) is 1.57. The highest BCUT2D eigenvalue weighted by atomic mass is 35.5. The fourth-order valence-corrected chi connectivity index (χ4v) is 1.71. The summed E-state index contributed by atoms with van der Waals surface area (Å²) in [4.78, 5) is 15.8. The molecule has 0 bridgehead atoms. The van der Waals surface area contributed by atoms with Crippen LogP contribution in [0.4, 0.5) is 0 Å². The van der Waals surface area contributed by atoms with Gasteiger partial charge in [-0.25, -0.2) is 4.98 Å². The fourth-order valence-electron chi connectivity index (χ4n) is 1.37. The minimum absolute atomic E-state index is 0.0931. The van der Waals surface area contributed by atoms with Crippen LogP contribution in [-0.4, -0.2) is 16.9 Å². The minimum Gasteiger partial charge on any atom is -0.349 e. The Balaban J connectivity index is 2.79. The predicted octanol–water partition coefficient (Wildman–Crippen LogP) is 3.55. The monoisotopic (exact) mass is 274 g/mol. The van der Waals surface area contributed by atoms with E-state index in [2.05, 4.69) is 24.1 Å². The van der Waals surface area contributed by atoms with Gasteiger partial charge < -0.3 is 5.32 Å². The van der Waals surface area contributed by atoms with Crippen LogP contribution in [0.25, 0.3) is 0 Å². The quantitative estimate of drug-likeness (QED) is 0.854. The Hall–Kier alpha value is -0.800. The maximum Gasteiger partial charge on any atom is 0.253 e. The van der Waals surface area contributed by atoms with Crippen LogP contribution < -0.4 is 5.32 Å². The van der Waals surface area contributed by atoms with Gasteiger partial charge in [0, 0.05) is 12.2 Å². The van der Waals surface area contributed by atoms with Crippen molar-refractivity contribution in [2.45, 2.75) is 33.2 Å². The average Bonchev–Trinajstić information content (AvgIpc) is 2.30. The van der Waals surface area contributed by atoms with Gasteiger partial charge in [-0.2, -0.15) is 0 Å². The van der Waals surface area contributed by atoms with Gasteiger partial charge in [0.15, 0.2) is 0 Å². The highest BCUT2D eigenvalue weighted by Gasteiger charge is 2.17. The molecule has 1 amide bonds. The lowest BCUT2D eigenvalue weighted by Crippen LogP contribution is -2.37. The summed E-state index contributed by atoms with van der Waals surface area (Å²) in [5.41, 5.74) is 0.363. The molecule has 1 aromatic heterocycles. The Bertz CT molecular complexity index is 409. The van der Waals surface area contributed by atoms with Crippen molar-refractivity contribution in [1.82, 2.24) is 10.3 Å². The van der Waals surface area contributed by atoms with E-state index in [1.54, 1.807) is 0 Å². The second-order valence-corrected chi connectivity index (χ2v) is 4.93. The molecule has 0 aliphatic heterocycles. The first-order valence-electron chi connectivity index (χ1n) is 5.57. The normalized spacial score (nSPS) is 14.2. The summed E-state index contributed by atoms with van der Waals surface area (Å²) in [6.45, 7) is 6.15. The topological polar surface area (TPSA) is 42.0 Å². The Morgan fingerprint density at radius 2 is 2.12 bits per heavy atom. The van der Waals surface area contributed by atoms with Crippen molar-refractivity contribution in [2.75, 3.05) is 0 Å². The van der Waals surface area contributed by atoms with E-state index in [0.717, 1.165) is 6.42 Å². The number of hydrogen-bond acceptors (Lipinski definition) is 2. The molecule has 2 unspecified atom stereocenters. The smallest absolute Gasteiger partial charge is 0.253 e. The lowest BCUT2D eigenvalue weighted by atomic mass is 10.0. The Labute approximate surface area is 112 Å². The second-order valence-electron chi connectivity index (χ2n) is 4.13. The summed E-state index contributed by atoms with van der Waals surface area (Å²) < 4.78 is 0. The Morgan fingerprint density at radius 3 is 2.71 bits per heavy atom. The van der Waals surface area contributed by atoms with Gasteiger partial charge in [0.2, 0.25) is 0 Å². The van der Waals surface area contributed by atoms with Crippen LogP contribution in [0, 0.1) is 5.92 Å². The Morgan fingerprint density at radius 1 is 1.47 bits per heavy atom. The summed E-state index contributed by atoms with van der Waals surface area (Å²) in [7, 11) is 0. The molecule has 1 rings (SSSR count). The van der Waals surface area contributed by atoms with Gasteiger partial charge in [-0.3, -0.25) is 4.79 Å². The predicted molar refractivity (Wildman–Crippen MR) is 70.6 cm³/mol. The molecule has 0 saturated carbocycles. The summed E-state index contributed by atoms with van der Waals surface area (Å²) in [6.07, 6.45) is 2.39. The number of carbonyl (C=O) groups is 1. The number of nitrogens with one attached hydrogen (secondary N) is 1.